The molecule has 0 N–H and O–H groups in total. The fraction of sp³-hybridized carbons (Fsp3) is 0.545. The van der Waals surface area contributed by atoms with Crippen LogP contribution in [0.4, 0.5) is 5.88 Å². The Morgan fingerprint density at radius 2 is 1.93 bits per heavy atom. The Balaban J connectivity index is 2.06. The molecule has 2 heterocycles. The number of carbonyl (C=O) groups excluding carboxylic acids is 1. The molecule has 1 fully saturated rings. The van der Waals surface area contributed by atoms with Crippen LogP contribution in [0.15, 0.2) is 16.5 Å². The lowest BCUT2D eigenvalue weighted by Gasteiger charge is -2.32. The summed E-state index contributed by atoms with van der Waals surface area (Å²) in [7, 11) is 2.11. The Morgan fingerprint density at radius 1 is 1.27 bits per heavy atom. The summed E-state index contributed by atoms with van der Waals surface area (Å²) in [6, 6.07) is 3.62. The topological polar surface area (TPSA) is 36.7 Å². The van der Waals surface area contributed by atoms with Crippen LogP contribution < -0.4 is 4.90 Å². The maximum Gasteiger partial charge on any atom is 0.196 e. The second-order valence-corrected chi connectivity index (χ2v) is 3.98. The van der Waals surface area contributed by atoms with Crippen molar-refractivity contribution in [1.82, 2.24) is 4.90 Å². The first-order valence-corrected chi connectivity index (χ1v) is 5.21. The Labute approximate surface area is 89.5 Å². The fourth-order valence-corrected chi connectivity index (χ4v) is 1.71. The Hall–Kier alpha value is -1.29. The van der Waals surface area contributed by atoms with Gasteiger partial charge in [0.2, 0.25) is 0 Å². The summed E-state index contributed by atoms with van der Waals surface area (Å²) in [6.07, 6.45) is 0. The molecule has 1 aliphatic heterocycles. The lowest BCUT2D eigenvalue weighted by molar-refractivity contribution is 0.0987. The first kappa shape index (κ1) is 10.2. The highest BCUT2D eigenvalue weighted by Crippen LogP contribution is 2.19. The number of furan rings is 1. The Bertz CT molecular complexity index is 351. The number of carbonyl (C=O) groups is 1. The summed E-state index contributed by atoms with van der Waals surface area (Å²) < 4.78 is 5.48. The molecule has 4 heteroatoms. The highest BCUT2D eigenvalue weighted by Gasteiger charge is 2.17. The molecule has 1 saturated heterocycles. The van der Waals surface area contributed by atoms with Crippen LogP contribution in [0.1, 0.15) is 17.5 Å². The molecule has 0 spiro atoms. The van der Waals surface area contributed by atoms with Gasteiger partial charge in [-0.2, -0.15) is 0 Å². The van der Waals surface area contributed by atoms with Crippen LogP contribution in [0, 0.1) is 0 Å². The van der Waals surface area contributed by atoms with Gasteiger partial charge in [-0.25, -0.2) is 0 Å². The van der Waals surface area contributed by atoms with Crippen molar-refractivity contribution in [1.29, 1.82) is 0 Å². The molecular weight excluding hydrogens is 192 g/mol. The molecule has 0 aliphatic carbocycles. The number of piperazine rings is 1. The van der Waals surface area contributed by atoms with Crippen molar-refractivity contribution in [2.75, 3.05) is 38.1 Å². The summed E-state index contributed by atoms with van der Waals surface area (Å²) in [6.45, 7) is 5.52. The van der Waals surface area contributed by atoms with E-state index >= 15 is 0 Å². The van der Waals surface area contributed by atoms with Gasteiger partial charge in [0.05, 0.1) is 0 Å². The minimum Gasteiger partial charge on any atom is -0.437 e. The summed E-state index contributed by atoms with van der Waals surface area (Å²) in [5.74, 6) is 1.24. The molecule has 1 aromatic rings. The van der Waals surface area contributed by atoms with Gasteiger partial charge in [0.25, 0.3) is 0 Å². The predicted molar refractivity (Wildman–Crippen MR) is 58.4 cm³/mol. The highest BCUT2D eigenvalue weighted by atomic mass is 16.4. The van der Waals surface area contributed by atoms with E-state index in [2.05, 4.69) is 16.8 Å². The van der Waals surface area contributed by atoms with Crippen LogP contribution in [0.2, 0.25) is 0 Å². The van der Waals surface area contributed by atoms with Gasteiger partial charge < -0.3 is 14.2 Å². The van der Waals surface area contributed by atoms with E-state index < -0.39 is 0 Å². The van der Waals surface area contributed by atoms with Crippen LogP contribution in [0.3, 0.4) is 0 Å². The molecule has 15 heavy (non-hydrogen) atoms. The van der Waals surface area contributed by atoms with Crippen molar-refractivity contribution in [3.8, 4) is 0 Å². The van der Waals surface area contributed by atoms with Crippen molar-refractivity contribution in [3.05, 3.63) is 17.9 Å². The summed E-state index contributed by atoms with van der Waals surface area (Å²) >= 11 is 0. The second-order valence-electron chi connectivity index (χ2n) is 3.98. The van der Waals surface area contributed by atoms with E-state index in [9.17, 15) is 4.79 Å². The number of likely N-dealkylation sites (N-methyl/N-ethyl adjacent to an activating group) is 1. The van der Waals surface area contributed by atoms with Crippen molar-refractivity contribution in [2.24, 2.45) is 0 Å². The third-order valence-corrected chi connectivity index (χ3v) is 2.75. The van der Waals surface area contributed by atoms with Gasteiger partial charge in [-0.1, -0.05) is 0 Å². The van der Waals surface area contributed by atoms with Gasteiger partial charge in [0, 0.05) is 39.2 Å². The molecule has 1 aliphatic rings. The number of rotatable bonds is 2. The van der Waals surface area contributed by atoms with E-state index in [4.69, 9.17) is 4.42 Å². The number of hydrogen-bond donors (Lipinski definition) is 0. The maximum absolute atomic E-state index is 11.1. The van der Waals surface area contributed by atoms with E-state index in [1.807, 2.05) is 6.07 Å². The second kappa shape index (κ2) is 4.06. The summed E-state index contributed by atoms with van der Waals surface area (Å²) in [5.41, 5.74) is 0. The van der Waals surface area contributed by atoms with E-state index in [0.29, 0.717) is 5.76 Å². The number of ketones is 1. The van der Waals surface area contributed by atoms with Gasteiger partial charge in [0.1, 0.15) is 0 Å². The van der Waals surface area contributed by atoms with Crippen molar-refractivity contribution < 1.29 is 9.21 Å². The van der Waals surface area contributed by atoms with Gasteiger partial charge in [-0.3, -0.25) is 4.79 Å². The zero-order chi connectivity index (χ0) is 10.8. The first-order chi connectivity index (χ1) is 7.16. The van der Waals surface area contributed by atoms with Crippen molar-refractivity contribution in [2.45, 2.75) is 6.92 Å². The van der Waals surface area contributed by atoms with Gasteiger partial charge >= 0.3 is 0 Å². The SMILES string of the molecule is CC(=O)c1ccc(N2CCN(C)CC2)o1. The highest BCUT2D eigenvalue weighted by molar-refractivity contribution is 5.91. The molecule has 2 rings (SSSR count). The number of hydrogen-bond acceptors (Lipinski definition) is 4. The third-order valence-electron chi connectivity index (χ3n) is 2.75. The average molecular weight is 208 g/mol. The van der Waals surface area contributed by atoms with Crippen LogP contribution in [0.5, 0.6) is 0 Å². The monoisotopic (exact) mass is 208 g/mol. The molecule has 1 aromatic heterocycles. The smallest absolute Gasteiger partial charge is 0.196 e. The molecule has 0 aromatic carbocycles. The Kier molecular flexibility index (Phi) is 2.77. The quantitative estimate of drug-likeness (QED) is 0.685. The standard InChI is InChI=1S/C11H16N2O2/c1-9(14)10-3-4-11(15-10)13-7-5-12(2)6-8-13/h3-4H,5-8H2,1-2H3. The van der Waals surface area contributed by atoms with Crippen LogP contribution in [-0.2, 0) is 0 Å². The zero-order valence-corrected chi connectivity index (χ0v) is 9.19. The van der Waals surface area contributed by atoms with Gasteiger partial charge in [-0.15, -0.1) is 0 Å². The molecule has 0 unspecified atom stereocenters. The number of nitrogens with zero attached hydrogens (tertiary/aromatic N) is 2. The van der Waals surface area contributed by atoms with E-state index in [1.165, 1.54) is 6.92 Å². The average Bonchev–Trinajstić information content (AvgIpc) is 2.68. The molecule has 0 amide bonds. The van der Waals surface area contributed by atoms with Crippen LogP contribution >= 0.6 is 0 Å². The fourth-order valence-electron chi connectivity index (χ4n) is 1.71. The molecule has 82 valence electrons. The largest absolute Gasteiger partial charge is 0.437 e. The molecule has 0 atom stereocenters. The van der Waals surface area contributed by atoms with E-state index in [0.717, 1.165) is 32.1 Å². The summed E-state index contributed by atoms with van der Waals surface area (Å²) in [4.78, 5) is 15.5. The molecule has 0 radical (unpaired) electrons. The molecule has 4 nitrogen and oxygen atoms in total. The molecule has 0 bridgehead atoms. The Morgan fingerprint density at radius 3 is 2.47 bits per heavy atom. The molecule has 0 saturated carbocycles. The van der Waals surface area contributed by atoms with Crippen molar-refractivity contribution in [3.63, 3.8) is 0 Å². The van der Waals surface area contributed by atoms with Crippen LogP contribution in [-0.4, -0.2) is 43.9 Å². The number of Topliss-reactive ketones (excluding diaryl/α,β-unsaturated/α-hetero) is 1. The maximum atomic E-state index is 11.1. The van der Waals surface area contributed by atoms with Crippen molar-refractivity contribution >= 4 is 11.7 Å². The third kappa shape index (κ3) is 2.21. The molecular formula is C11H16N2O2. The number of anilines is 1. The van der Waals surface area contributed by atoms with Gasteiger partial charge in [-0.05, 0) is 13.1 Å². The summed E-state index contributed by atoms with van der Waals surface area (Å²) in [5, 5.41) is 0. The normalized spacial score (nSPS) is 18.1. The van der Waals surface area contributed by atoms with E-state index in [-0.39, 0.29) is 5.78 Å². The predicted octanol–water partition coefficient (Wildman–Crippen LogP) is 1.23. The zero-order valence-electron chi connectivity index (χ0n) is 9.19. The van der Waals surface area contributed by atoms with Crippen LogP contribution in [0.25, 0.3) is 0 Å². The van der Waals surface area contributed by atoms with Gasteiger partial charge in [0.15, 0.2) is 17.4 Å². The lowest BCUT2D eigenvalue weighted by atomic mass is 10.3. The minimum atomic E-state index is -0.0182. The minimum absolute atomic E-state index is 0.0182. The van der Waals surface area contributed by atoms with E-state index in [1.54, 1.807) is 6.07 Å². The first-order valence-electron chi connectivity index (χ1n) is 5.21. The lowest BCUT2D eigenvalue weighted by Crippen LogP contribution is -2.44.